The van der Waals surface area contributed by atoms with Crippen LogP contribution in [-0.4, -0.2) is 15.0 Å². The Morgan fingerprint density at radius 2 is 0.841 bits per heavy atom. The van der Waals surface area contributed by atoms with Crippen molar-refractivity contribution in [1.29, 1.82) is 0 Å². The third kappa shape index (κ3) is 4.31. The maximum Gasteiger partial charge on any atom is 0.175 e. The normalized spacial score (nSPS) is 12.1. The molecule has 4 nitrogen and oxygen atoms in total. The Morgan fingerprint density at radius 1 is 0.432 bits per heavy atom. The van der Waals surface area contributed by atoms with Crippen molar-refractivity contribution in [3.05, 3.63) is 157 Å². The molecule has 0 fully saturated rings. The minimum absolute atomic E-state index is 0.687. The molecule has 2 N–H and O–H groups in total. The van der Waals surface area contributed by atoms with Crippen LogP contribution in [0.1, 0.15) is 11.4 Å². The standard InChI is InChI=1S/C39H28N3OP/c43-44(29-17-9-3-10-18-29,30-19-11-4-12-20-30)39-35-25-23-33(41-35)37(27-13-5-1-6-14-27)31-21-22-32(40-31)38(28-15-7-2-8-16-28)34-24-26-36(39)42-34/h1-26,40-41H. The van der Waals surface area contributed by atoms with Gasteiger partial charge in [0.15, 0.2) is 7.14 Å². The Labute approximate surface area is 255 Å². The highest BCUT2D eigenvalue weighted by Crippen LogP contribution is 2.45. The van der Waals surface area contributed by atoms with Gasteiger partial charge in [-0.2, -0.15) is 0 Å². The first-order valence-corrected chi connectivity index (χ1v) is 16.4. The van der Waals surface area contributed by atoms with Crippen molar-refractivity contribution in [2.45, 2.75) is 0 Å². The zero-order chi connectivity index (χ0) is 29.5. The van der Waals surface area contributed by atoms with E-state index in [-0.39, 0.29) is 0 Å². The van der Waals surface area contributed by atoms with Crippen molar-refractivity contribution in [3.63, 3.8) is 0 Å². The lowest BCUT2D eigenvalue weighted by molar-refractivity contribution is 0.592. The Balaban J connectivity index is 1.58. The third-order valence-electron chi connectivity index (χ3n) is 8.25. The second-order valence-electron chi connectivity index (χ2n) is 10.9. The van der Waals surface area contributed by atoms with Gasteiger partial charge in [-0.1, -0.05) is 121 Å². The second kappa shape index (κ2) is 10.7. The van der Waals surface area contributed by atoms with E-state index in [0.717, 1.165) is 60.6 Å². The van der Waals surface area contributed by atoms with E-state index in [9.17, 15) is 0 Å². The van der Waals surface area contributed by atoms with E-state index in [0.29, 0.717) is 11.0 Å². The molecule has 4 aromatic carbocycles. The molecule has 3 aromatic heterocycles. The number of fused-ring (bicyclic) bond motifs is 6. The molecule has 7 aromatic rings. The average molecular weight is 586 g/mol. The summed E-state index contributed by atoms with van der Waals surface area (Å²) in [5.74, 6) is 0. The number of benzene rings is 4. The number of aromatic amines is 2. The van der Waals surface area contributed by atoms with E-state index in [1.54, 1.807) is 0 Å². The van der Waals surface area contributed by atoms with Gasteiger partial charge in [0.2, 0.25) is 0 Å². The number of aromatic nitrogens is 3. The van der Waals surface area contributed by atoms with Crippen LogP contribution in [0, 0.1) is 0 Å². The molecule has 0 unspecified atom stereocenters. The number of nitrogens with zero attached hydrogens (tertiary/aromatic N) is 1. The fourth-order valence-corrected chi connectivity index (χ4v) is 9.17. The van der Waals surface area contributed by atoms with Crippen molar-refractivity contribution in [1.82, 2.24) is 15.0 Å². The minimum Gasteiger partial charge on any atom is -0.354 e. The molecule has 1 aliphatic heterocycles. The molecule has 0 saturated heterocycles. The largest absolute Gasteiger partial charge is 0.354 e. The smallest absolute Gasteiger partial charge is 0.175 e. The summed E-state index contributed by atoms with van der Waals surface area (Å²) in [7, 11) is -3.40. The molecule has 6 bridgehead atoms. The maximum absolute atomic E-state index is 15.9. The topological polar surface area (TPSA) is 61.5 Å². The van der Waals surface area contributed by atoms with Crippen molar-refractivity contribution in [2.24, 2.45) is 0 Å². The molecule has 44 heavy (non-hydrogen) atoms. The first-order valence-electron chi connectivity index (χ1n) is 14.7. The SMILES string of the molecule is O=P(c1ccccc1)(c1ccccc1)c1c2nc(c(-c3ccccc3)c3ccc([nH]3)c(-c3ccccc3)c3ccc1[nH]3)C=C2. The molecule has 0 amide bonds. The Bertz CT molecular complexity index is 2240. The zero-order valence-electron chi connectivity index (χ0n) is 23.8. The van der Waals surface area contributed by atoms with Crippen LogP contribution >= 0.6 is 7.14 Å². The highest BCUT2D eigenvalue weighted by Gasteiger charge is 2.34. The quantitative estimate of drug-likeness (QED) is 0.199. The fraction of sp³-hybridized carbons (Fsp3) is 0. The zero-order valence-corrected chi connectivity index (χ0v) is 24.7. The first kappa shape index (κ1) is 26.2. The summed E-state index contributed by atoms with van der Waals surface area (Å²) in [5, 5.41) is 2.22. The lowest BCUT2D eigenvalue weighted by atomic mass is 10.0. The molecule has 0 aliphatic carbocycles. The van der Waals surface area contributed by atoms with Gasteiger partial charge in [0.1, 0.15) is 0 Å². The van der Waals surface area contributed by atoms with Gasteiger partial charge in [-0.3, -0.25) is 0 Å². The molecule has 5 heteroatoms. The summed E-state index contributed by atoms with van der Waals surface area (Å²) < 4.78 is 15.9. The molecule has 8 rings (SSSR count). The molecule has 4 heterocycles. The lowest BCUT2D eigenvalue weighted by Gasteiger charge is -2.21. The van der Waals surface area contributed by atoms with Crippen LogP contribution in [0.2, 0.25) is 0 Å². The van der Waals surface area contributed by atoms with E-state index in [1.807, 2.05) is 103 Å². The molecule has 210 valence electrons. The maximum atomic E-state index is 15.9. The van der Waals surface area contributed by atoms with Gasteiger partial charge in [0, 0.05) is 38.3 Å². The monoisotopic (exact) mass is 585 g/mol. The van der Waals surface area contributed by atoms with Crippen LogP contribution < -0.4 is 15.9 Å². The van der Waals surface area contributed by atoms with E-state index < -0.39 is 7.14 Å². The Kier molecular flexibility index (Phi) is 6.36. The molecule has 1 aliphatic rings. The predicted octanol–water partition coefficient (Wildman–Crippen LogP) is 8.63. The number of hydrogen-bond acceptors (Lipinski definition) is 2. The predicted molar refractivity (Wildman–Crippen MR) is 185 cm³/mol. The van der Waals surface area contributed by atoms with Crippen molar-refractivity contribution in [2.75, 3.05) is 0 Å². The van der Waals surface area contributed by atoms with Crippen LogP contribution in [-0.2, 0) is 4.57 Å². The van der Waals surface area contributed by atoms with Gasteiger partial charge in [-0.05, 0) is 47.5 Å². The van der Waals surface area contributed by atoms with Gasteiger partial charge in [0.25, 0.3) is 0 Å². The molecule has 0 atom stereocenters. The van der Waals surface area contributed by atoms with E-state index >= 15 is 4.57 Å². The second-order valence-corrected chi connectivity index (χ2v) is 13.6. The van der Waals surface area contributed by atoms with E-state index in [2.05, 4.69) is 64.6 Å². The summed E-state index contributed by atoms with van der Waals surface area (Å²) in [6.45, 7) is 0. The first-order chi connectivity index (χ1) is 21.7. The summed E-state index contributed by atoms with van der Waals surface area (Å²) in [4.78, 5) is 12.7. The van der Waals surface area contributed by atoms with Gasteiger partial charge >= 0.3 is 0 Å². The molecular formula is C39H28N3OP. The lowest BCUT2D eigenvalue weighted by Crippen LogP contribution is -2.27. The minimum atomic E-state index is -3.40. The van der Waals surface area contributed by atoms with E-state index in [4.69, 9.17) is 4.98 Å². The number of H-pyrrole nitrogens is 2. The van der Waals surface area contributed by atoms with E-state index in [1.165, 1.54) is 0 Å². The Hall–Kier alpha value is -5.44. The van der Waals surface area contributed by atoms with Crippen LogP contribution in [0.3, 0.4) is 0 Å². The summed E-state index contributed by atoms with van der Waals surface area (Å²) in [6, 6.07) is 48.7. The molecule has 0 radical (unpaired) electrons. The Morgan fingerprint density at radius 3 is 1.39 bits per heavy atom. The van der Waals surface area contributed by atoms with Crippen LogP contribution in [0.4, 0.5) is 0 Å². The highest BCUT2D eigenvalue weighted by atomic mass is 31.2. The van der Waals surface area contributed by atoms with Crippen molar-refractivity contribution >= 4 is 57.3 Å². The highest BCUT2D eigenvalue weighted by molar-refractivity contribution is 7.85. The van der Waals surface area contributed by atoms with Gasteiger partial charge in [0.05, 0.1) is 22.2 Å². The van der Waals surface area contributed by atoms with Gasteiger partial charge in [-0.25, -0.2) is 4.98 Å². The molecular weight excluding hydrogens is 557 g/mol. The molecule has 0 spiro atoms. The van der Waals surface area contributed by atoms with Crippen LogP contribution in [0.15, 0.2) is 146 Å². The van der Waals surface area contributed by atoms with Gasteiger partial charge in [-0.15, -0.1) is 0 Å². The average Bonchev–Trinajstić information content (AvgIpc) is 3.87. The van der Waals surface area contributed by atoms with Crippen LogP contribution in [0.5, 0.6) is 0 Å². The third-order valence-corrected chi connectivity index (χ3v) is 11.4. The van der Waals surface area contributed by atoms with Crippen LogP contribution in [0.25, 0.3) is 56.5 Å². The summed E-state index contributed by atoms with van der Waals surface area (Å²) in [5.41, 5.74) is 9.33. The summed E-state index contributed by atoms with van der Waals surface area (Å²) in [6.07, 6.45) is 4.05. The van der Waals surface area contributed by atoms with Crippen molar-refractivity contribution < 1.29 is 4.57 Å². The summed E-state index contributed by atoms with van der Waals surface area (Å²) >= 11 is 0. The van der Waals surface area contributed by atoms with Crippen molar-refractivity contribution in [3.8, 4) is 22.3 Å². The molecule has 0 saturated carbocycles. The number of hydrogen-bond donors (Lipinski definition) is 2. The number of nitrogens with one attached hydrogen (secondary N) is 2. The number of rotatable bonds is 5. The fourth-order valence-electron chi connectivity index (χ4n) is 6.26. The van der Waals surface area contributed by atoms with Gasteiger partial charge < -0.3 is 14.5 Å².